The molecule has 2 aromatic heterocycles. The first-order valence-corrected chi connectivity index (χ1v) is 10.8. The first-order chi connectivity index (χ1) is 14.8. The predicted molar refractivity (Wildman–Crippen MR) is 111 cm³/mol. The van der Waals surface area contributed by atoms with Crippen LogP contribution in [0, 0.1) is 0 Å². The second kappa shape index (κ2) is 9.59. The number of rotatable bonds is 8. The van der Waals surface area contributed by atoms with E-state index < -0.39 is 17.7 Å². The highest BCUT2D eigenvalue weighted by Crippen LogP contribution is 2.31. The molecule has 166 valence electrons. The Morgan fingerprint density at radius 1 is 1.23 bits per heavy atom. The Bertz CT molecular complexity index is 1080. The number of aromatic nitrogens is 3. The van der Waals surface area contributed by atoms with Crippen LogP contribution in [0.5, 0.6) is 5.88 Å². The minimum atomic E-state index is -4.38. The normalized spacial score (nSPS) is 11.7. The number of carbonyl (C=O) groups is 1. The van der Waals surface area contributed by atoms with Crippen LogP contribution in [0.4, 0.5) is 13.2 Å². The molecule has 0 amide bonds. The van der Waals surface area contributed by atoms with Gasteiger partial charge in [-0.1, -0.05) is 36.9 Å². The Balaban J connectivity index is 1.95. The van der Waals surface area contributed by atoms with E-state index in [1.165, 1.54) is 31.0 Å². The Labute approximate surface area is 181 Å². The van der Waals surface area contributed by atoms with Gasteiger partial charge in [-0.2, -0.15) is 18.2 Å². The van der Waals surface area contributed by atoms with Gasteiger partial charge in [-0.3, -0.25) is 0 Å². The third-order valence-corrected chi connectivity index (χ3v) is 5.31. The van der Waals surface area contributed by atoms with Crippen molar-refractivity contribution < 1.29 is 27.4 Å². The molecule has 0 aliphatic carbocycles. The van der Waals surface area contributed by atoms with Gasteiger partial charge in [-0.15, -0.1) is 0 Å². The molecule has 0 N–H and O–H groups in total. The molecule has 0 atom stereocenters. The van der Waals surface area contributed by atoms with Crippen molar-refractivity contribution in [2.75, 3.05) is 20.0 Å². The Morgan fingerprint density at radius 3 is 2.65 bits per heavy atom. The molecule has 6 nitrogen and oxygen atoms in total. The van der Waals surface area contributed by atoms with Crippen molar-refractivity contribution in [3.63, 3.8) is 0 Å². The van der Waals surface area contributed by atoms with E-state index in [-0.39, 0.29) is 12.5 Å². The summed E-state index contributed by atoms with van der Waals surface area (Å²) in [5.41, 5.74) is 1.48. The van der Waals surface area contributed by atoms with E-state index in [0.29, 0.717) is 41.1 Å². The number of thioether (sulfide) groups is 1. The lowest BCUT2D eigenvalue weighted by molar-refractivity contribution is -0.143. The average molecular weight is 453 g/mol. The van der Waals surface area contributed by atoms with E-state index in [2.05, 4.69) is 14.7 Å². The van der Waals surface area contributed by atoms with Crippen molar-refractivity contribution in [1.29, 1.82) is 0 Å². The predicted octanol–water partition coefficient (Wildman–Crippen LogP) is 4.53. The van der Waals surface area contributed by atoms with Gasteiger partial charge < -0.3 is 14.0 Å². The van der Waals surface area contributed by atoms with E-state index in [4.69, 9.17) is 4.74 Å². The number of methoxy groups -OCH3 is 1. The molecule has 0 fully saturated rings. The number of esters is 1. The van der Waals surface area contributed by atoms with Gasteiger partial charge in [0.15, 0.2) is 11.8 Å². The minimum Gasteiger partial charge on any atom is -0.466 e. The number of carbonyl (C=O) groups excluding carboxylic acids is 1. The number of hydrogen-bond donors (Lipinski definition) is 0. The molecule has 0 saturated heterocycles. The van der Waals surface area contributed by atoms with E-state index in [9.17, 15) is 18.0 Å². The quantitative estimate of drug-likeness (QED) is 0.284. The SMILES string of the molecule is CCc1cc2c(OCC(=O)OC)nc(SC)nc2n1CCc1cccc(C(F)(F)F)c1. The van der Waals surface area contributed by atoms with E-state index in [1.54, 1.807) is 6.07 Å². The van der Waals surface area contributed by atoms with Gasteiger partial charge >= 0.3 is 12.1 Å². The largest absolute Gasteiger partial charge is 0.466 e. The number of benzene rings is 1. The third-order valence-electron chi connectivity index (χ3n) is 4.76. The summed E-state index contributed by atoms with van der Waals surface area (Å²) in [7, 11) is 1.27. The van der Waals surface area contributed by atoms with Gasteiger partial charge in [0.1, 0.15) is 5.65 Å². The number of nitrogens with zero attached hydrogens (tertiary/aromatic N) is 3. The first-order valence-electron chi connectivity index (χ1n) is 9.56. The molecule has 2 heterocycles. The van der Waals surface area contributed by atoms with Crippen LogP contribution in [0.15, 0.2) is 35.5 Å². The standard InChI is InChI=1S/C21H22F3N3O3S/c1-4-15-11-16-18(25-20(31-3)26-19(16)30-12-17(28)29-2)27(15)9-8-13-6-5-7-14(10-13)21(22,23)24/h5-7,10-11H,4,8-9,12H2,1-3H3. The molecule has 0 aliphatic heterocycles. The average Bonchev–Trinajstić information content (AvgIpc) is 3.12. The number of alkyl halides is 3. The number of hydrogen-bond acceptors (Lipinski definition) is 6. The van der Waals surface area contributed by atoms with Crippen molar-refractivity contribution in [3.05, 3.63) is 47.2 Å². The van der Waals surface area contributed by atoms with E-state index in [1.807, 2.05) is 23.8 Å². The molecular weight excluding hydrogens is 431 g/mol. The molecule has 31 heavy (non-hydrogen) atoms. The zero-order valence-electron chi connectivity index (χ0n) is 17.3. The summed E-state index contributed by atoms with van der Waals surface area (Å²) in [5.74, 6) is -0.260. The maximum absolute atomic E-state index is 13.0. The van der Waals surface area contributed by atoms with Gasteiger partial charge in [0.25, 0.3) is 0 Å². The van der Waals surface area contributed by atoms with E-state index >= 15 is 0 Å². The lowest BCUT2D eigenvalue weighted by Crippen LogP contribution is -2.14. The van der Waals surface area contributed by atoms with Gasteiger partial charge in [-0.05, 0) is 36.8 Å². The van der Waals surface area contributed by atoms with Crippen molar-refractivity contribution in [1.82, 2.24) is 14.5 Å². The summed E-state index contributed by atoms with van der Waals surface area (Å²) < 4.78 is 51.2. The Morgan fingerprint density at radius 2 is 2.00 bits per heavy atom. The van der Waals surface area contributed by atoms with Crippen molar-refractivity contribution in [2.24, 2.45) is 0 Å². The fourth-order valence-electron chi connectivity index (χ4n) is 3.21. The maximum atomic E-state index is 13.0. The van der Waals surface area contributed by atoms with Crippen molar-refractivity contribution in [3.8, 4) is 5.88 Å². The second-order valence-corrected chi connectivity index (χ2v) is 7.48. The highest BCUT2D eigenvalue weighted by Gasteiger charge is 2.30. The van der Waals surface area contributed by atoms with Crippen molar-refractivity contribution in [2.45, 2.75) is 37.6 Å². The minimum absolute atomic E-state index is 0.271. The van der Waals surface area contributed by atoms with Gasteiger partial charge in [-0.25, -0.2) is 9.78 Å². The molecule has 0 saturated carbocycles. The summed E-state index contributed by atoms with van der Waals surface area (Å²) in [5, 5.41) is 1.11. The topological polar surface area (TPSA) is 66.2 Å². The molecular formula is C21H22F3N3O3S. The van der Waals surface area contributed by atoms with Crippen LogP contribution in [0.2, 0.25) is 0 Å². The van der Waals surface area contributed by atoms with Gasteiger partial charge in [0.05, 0.1) is 18.1 Å². The lowest BCUT2D eigenvalue weighted by Gasteiger charge is -2.12. The molecule has 0 radical (unpaired) electrons. The first kappa shape index (κ1) is 22.9. The van der Waals surface area contributed by atoms with Crippen LogP contribution < -0.4 is 4.74 Å². The smallest absolute Gasteiger partial charge is 0.416 e. The van der Waals surface area contributed by atoms with Crippen molar-refractivity contribution >= 4 is 28.8 Å². The van der Waals surface area contributed by atoms with Crippen LogP contribution in [-0.2, 0) is 35.1 Å². The summed E-state index contributed by atoms with van der Waals surface area (Å²) in [6.07, 6.45) is -1.47. The maximum Gasteiger partial charge on any atom is 0.416 e. The van der Waals surface area contributed by atoms with Gasteiger partial charge in [0.2, 0.25) is 5.88 Å². The highest BCUT2D eigenvalue weighted by atomic mass is 32.2. The fourth-order valence-corrected chi connectivity index (χ4v) is 3.56. The zero-order chi connectivity index (χ0) is 22.6. The summed E-state index contributed by atoms with van der Waals surface area (Å²) in [6, 6.07) is 7.22. The third kappa shape index (κ3) is 5.30. The van der Waals surface area contributed by atoms with E-state index in [0.717, 1.165) is 11.8 Å². The lowest BCUT2D eigenvalue weighted by atomic mass is 10.1. The summed E-state index contributed by atoms with van der Waals surface area (Å²) in [4.78, 5) is 20.4. The summed E-state index contributed by atoms with van der Waals surface area (Å²) >= 11 is 1.33. The molecule has 0 bridgehead atoms. The Kier molecular flexibility index (Phi) is 7.09. The number of aryl methyl sites for hydroxylation is 3. The monoisotopic (exact) mass is 453 g/mol. The molecule has 3 rings (SSSR count). The number of fused-ring (bicyclic) bond motifs is 1. The molecule has 0 unspecified atom stereocenters. The molecule has 3 aromatic rings. The molecule has 0 aliphatic rings. The van der Waals surface area contributed by atoms with Crippen LogP contribution >= 0.6 is 11.8 Å². The van der Waals surface area contributed by atoms with Crippen LogP contribution in [0.1, 0.15) is 23.7 Å². The second-order valence-electron chi connectivity index (χ2n) is 6.71. The molecule has 1 aromatic carbocycles. The molecule has 0 spiro atoms. The number of halogens is 3. The van der Waals surface area contributed by atoms with Crippen LogP contribution in [-0.4, -0.2) is 40.5 Å². The van der Waals surface area contributed by atoms with Gasteiger partial charge in [0, 0.05) is 12.2 Å². The summed E-state index contributed by atoms with van der Waals surface area (Å²) in [6.45, 7) is 2.13. The highest BCUT2D eigenvalue weighted by molar-refractivity contribution is 7.98. The number of ether oxygens (including phenoxy) is 2. The van der Waals surface area contributed by atoms with Crippen LogP contribution in [0.25, 0.3) is 11.0 Å². The molecule has 10 heteroatoms. The Hall–Kier alpha value is -2.75. The van der Waals surface area contributed by atoms with Crippen LogP contribution in [0.3, 0.4) is 0 Å². The fraction of sp³-hybridized carbons (Fsp3) is 0.381. The zero-order valence-corrected chi connectivity index (χ0v) is 18.1.